The van der Waals surface area contributed by atoms with Crippen molar-refractivity contribution in [1.29, 1.82) is 0 Å². The zero-order valence-electron chi connectivity index (χ0n) is 11.8. The van der Waals surface area contributed by atoms with E-state index in [2.05, 4.69) is 30.7 Å². The molecule has 0 amide bonds. The molecule has 17 heavy (non-hydrogen) atoms. The van der Waals surface area contributed by atoms with E-state index in [0.717, 1.165) is 18.6 Å². The third-order valence-electron chi connectivity index (χ3n) is 5.14. The minimum atomic E-state index is 0.222. The van der Waals surface area contributed by atoms with Gasteiger partial charge in [-0.3, -0.25) is 9.80 Å². The second-order valence-electron chi connectivity index (χ2n) is 6.24. The third kappa shape index (κ3) is 2.51. The van der Waals surface area contributed by atoms with Crippen molar-refractivity contribution in [2.45, 2.75) is 63.6 Å². The van der Waals surface area contributed by atoms with Crippen molar-refractivity contribution >= 4 is 0 Å². The Morgan fingerprint density at radius 3 is 2.59 bits per heavy atom. The summed E-state index contributed by atoms with van der Waals surface area (Å²) in [7, 11) is 2.31. The number of rotatable bonds is 4. The first kappa shape index (κ1) is 13.3. The molecule has 2 heterocycles. The van der Waals surface area contributed by atoms with Gasteiger partial charge in [-0.05, 0) is 39.7 Å². The number of hydrogen-bond acceptors (Lipinski definition) is 3. The first-order valence-corrected chi connectivity index (χ1v) is 7.28. The molecule has 2 saturated heterocycles. The summed E-state index contributed by atoms with van der Waals surface area (Å²) in [5.41, 5.74) is 6.27. The van der Waals surface area contributed by atoms with Crippen LogP contribution in [0.3, 0.4) is 0 Å². The topological polar surface area (TPSA) is 32.5 Å². The van der Waals surface area contributed by atoms with Crippen molar-refractivity contribution in [2.24, 2.45) is 5.73 Å². The van der Waals surface area contributed by atoms with Crippen LogP contribution in [0, 0.1) is 0 Å². The van der Waals surface area contributed by atoms with Gasteiger partial charge in [0, 0.05) is 37.3 Å². The highest BCUT2D eigenvalue weighted by molar-refractivity contribution is 4.96. The maximum Gasteiger partial charge on any atom is 0.0304 e. The quantitative estimate of drug-likeness (QED) is 0.810. The van der Waals surface area contributed by atoms with Crippen LogP contribution in [0.1, 0.15) is 46.0 Å². The lowest BCUT2D eigenvalue weighted by Gasteiger charge is -2.42. The molecule has 2 bridgehead atoms. The Morgan fingerprint density at radius 2 is 1.94 bits per heavy atom. The largest absolute Gasteiger partial charge is 0.329 e. The molecule has 0 aromatic rings. The molecule has 3 nitrogen and oxygen atoms in total. The van der Waals surface area contributed by atoms with Gasteiger partial charge in [0.05, 0.1) is 0 Å². The first-order valence-electron chi connectivity index (χ1n) is 7.28. The number of nitrogens with zero attached hydrogens (tertiary/aromatic N) is 2. The molecule has 3 unspecified atom stereocenters. The average Bonchev–Trinajstić information content (AvgIpc) is 2.53. The van der Waals surface area contributed by atoms with Crippen molar-refractivity contribution in [1.82, 2.24) is 9.80 Å². The van der Waals surface area contributed by atoms with Gasteiger partial charge in [-0.25, -0.2) is 0 Å². The fourth-order valence-electron chi connectivity index (χ4n) is 3.73. The van der Waals surface area contributed by atoms with E-state index in [0.29, 0.717) is 0 Å². The molecular formula is C14H29N3. The van der Waals surface area contributed by atoms with Crippen LogP contribution < -0.4 is 5.73 Å². The van der Waals surface area contributed by atoms with Crippen LogP contribution in [-0.4, -0.2) is 54.1 Å². The molecule has 2 aliphatic heterocycles. The van der Waals surface area contributed by atoms with Gasteiger partial charge in [-0.15, -0.1) is 0 Å². The van der Waals surface area contributed by atoms with E-state index in [1.165, 1.54) is 45.2 Å². The highest BCUT2D eigenvalue weighted by Crippen LogP contribution is 2.32. The van der Waals surface area contributed by atoms with Crippen LogP contribution in [0.15, 0.2) is 0 Å². The predicted octanol–water partition coefficient (Wildman–Crippen LogP) is 1.67. The SMILES string of the molecule is CCCC(C)(CN)N1CCC2CCC(C1)N2C. The van der Waals surface area contributed by atoms with Crippen LogP contribution in [0.5, 0.6) is 0 Å². The molecule has 2 N–H and O–H groups in total. The summed E-state index contributed by atoms with van der Waals surface area (Å²) in [4.78, 5) is 5.29. The molecule has 100 valence electrons. The maximum atomic E-state index is 6.05. The standard InChI is InChI=1S/C14H29N3/c1-4-8-14(2,11-15)17-9-7-12-5-6-13(10-17)16(12)3/h12-13H,4-11,15H2,1-3H3. The van der Waals surface area contributed by atoms with E-state index in [4.69, 9.17) is 5.73 Å². The van der Waals surface area contributed by atoms with Gasteiger partial charge in [-0.2, -0.15) is 0 Å². The zero-order valence-corrected chi connectivity index (χ0v) is 11.8. The van der Waals surface area contributed by atoms with Crippen LogP contribution in [-0.2, 0) is 0 Å². The lowest BCUT2D eigenvalue weighted by atomic mass is 9.92. The number of hydrogen-bond donors (Lipinski definition) is 1. The van der Waals surface area contributed by atoms with E-state index in [1.807, 2.05) is 0 Å². The highest BCUT2D eigenvalue weighted by atomic mass is 15.3. The fourth-order valence-corrected chi connectivity index (χ4v) is 3.73. The van der Waals surface area contributed by atoms with Gasteiger partial charge in [0.2, 0.25) is 0 Å². The molecule has 2 rings (SSSR count). The normalized spacial score (nSPS) is 34.6. The molecule has 3 heteroatoms. The summed E-state index contributed by atoms with van der Waals surface area (Å²) in [6.07, 6.45) is 6.57. The van der Waals surface area contributed by atoms with Crippen molar-refractivity contribution in [3.05, 3.63) is 0 Å². The summed E-state index contributed by atoms with van der Waals surface area (Å²) in [5, 5.41) is 0. The van der Waals surface area contributed by atoms with Gasteiger partial charge in [-0.1, -0.05) is 13.3 Å². The summed E-state index contributed by atoms with van der Waals surface area (Å²) in [6.45, 7) is 7.88. The predicted molar refractivity (Wildman–Crippen MR) is 73.1 cm³/mol. The minimum absolute atomic E-state index is 0.222. The summed E-state index contributed by atoms with van der Waals surface area (Å²) in [5.74, 6) is 0. The lowest BCUT2D eigenvalue weighted by Crippen LogP contribution is -2.54. The molecular weight excluding hydrogens is 210 g/mol. The summed E-state index contributed by atoms with van der Waals surface area (Å²) >= 11 is 0. The summed E-state index contributed by atoms with van der Waals surface area (Å²) in [6, 6.07) is 1.60. The Balaban J connectivity index is 2.07. The van der Waals surface area contributed by atoms with Crippen LogP contribution in [0.4, 0.5) is 0 Å². The second kappa shape index (κ2) is 5.25. The molecule has 3 atom stereocenters. The van der Waals surface area contributed by atoms with E-state index >= 15 is 0 Å². The van der Waals surface area contributed by atoms with Crippen molar-refractivity contribution in [3.8, 4) is 0 Å². The van der Waals surface area contributed by atoms with Gasteiger partial charge >= 0.3 is 0 Å². The number of likely N-dealkylation sites (N-methyl/N-ethyl adjacent to an activating group) is 1. The summed E-state index contributed by atoms with van der Waals surface area (Å²) < 4.78 is 0. The Hall–Kier alpha value is -0.120. The highest BCUT2D eigenvalue weighted by Gasteiger charge is 2.39. The van der Waals surface area contributed by atoms with Gasteiger partial charge in [0.25, 0.3) is 0 Å². The fraction of sp³-hybridized carbons (Fsp3) is 1.00. The van der Waals surface area contributed by atoms with Crippen LogP contribution in [0.25, 0.3) is 0 Å². The van der Waals surface area contributed by atoms with E-state index in [9.17, 15) is 0 Å². The van der Waals surface area contributed by atoms with Crippen molar-refractivity contribution in [3.63, 3.8) is 0 Å². The van der Waals surface area contributed by atoms with Crippen LogP contribution in [0.2, 0.25) is 0 Å². The van der Waals surface area contributed by atoms with Gasteiger partial charge < -0.3 is 5.73 Å². The Kier molecular flexibility index (Phi) is 4.11. The average molecular weight is 239 g/mol. The smallest absolute Gasteiger partial charge is 0.0304 e. The lowest BCUT2D eigenvalue weighted by molar-refractivity contribution is 0.0887. The Bertz CT molecular complexity index is 256. The van der Waals surface area contributed by atoms with E-state index < -0.39 is 0 Å². The molecule has 0 saturated carbocycles. The zero-order chi connectivity index (χ0) is 12.5. The van der Waals surface area contributed by atoms with E-state index in [-0.39, 0.29) is 5.54 Å². The number of fused-ring (bicyclic) bond motifs is 2. The minimum Gasteiger partial charge on any atom is -0.329 e. The Morgan fingerprint density at radius 1 is 1.24 bits per heavy atom. The third-order valence-corrected chi connectivity index (χ3v) is 5.14. The van der Waals surface area contributed by atoms with Crippen LogP contribution >= 0.6 is 0 Å². The molecule has 0 aromatic carbocycles. The molecule has 0 aromatic heterocycles. The monoisotopic (exact) mass is 239 g/mol. The second-order valence-corrected chi connectivity index (χ2v) is 6.24. The molecule has 0 radical (unpaired) electrons. The van der Waals surface area contributed by atoms with Crippen molar-refractivity contribution < 1.29 is 0 Å². The van der Waals surface area contributed by atoms with Gasteiger partial charge in [0.1, 0.15) is 0 Å². The molecule has 0 aliphatic carbocycles. The van der Waals surface area contributed by atoms with E-state index in [1.54, 1.807) is 0 Å². The van der Waals surface area contributed by atoms with Gasteiger partial charge in [0.15, 0.2) is 0 Å². The van der Waals surface area contributed by atoms with Crippen molar-refractivity contribution in [2.75, 3.05) is 26.7 Å². The number of likely N-dealkylation sites (tertiary alicyclic amines) is 1. The molecule has 2 aliphatic rings. The number of nitrogens with two attached hydrogens (primary N) is 1. The first-order chi connectivity index (χ1) is 8.10. The molecule has 2 fully saturated rings. The maximum absolute atomic E-state index is 6.05. The Labute approximate surface area is 106 Å². The molecule has 0 spiro atoms.